The first kappa shape index (κ1) is 11.5. The molecule has 0 aliphatic rings. The minimum Gasteiger partial charge on any atom is -1.00 e. The van der Waals surface area contributed by atoms with E-state index in [1.165, 1.54) is 0 Å². The second-order valence-electron chi connectivity index (χ2n) is 2.04. The molecule has 0 amide bonds. The maximum atomic E-state index is 9.95. The maximum Gasteiger partial charge on any atom is 1.00 e. The van der Waals surface area contributed by atoms with Gasteiger partial charge in [0.1, 0.15) is 6.61 Å². The van der Waals surface area contributed by atoms with Crippen molar-refractivity contribution in [2.24, 2.45) is 0 Å². The van der Waals surface area contributed by atoms with Crippen molar-refractivity contribution in [3.05, 3.63) is 35.9 Å². The fourth-order valence-electron chi connectivity index (χ4n) is 0.719. The van der Waals surface area contributed by atoms with Gasteiger partial charge in [-0.3, -0.25) is 0 Å². The summed E-state index contributed by atoms with van der Waals surface area (Å²) in [4.78, 5) is 9.95. The van der Waals surface area contributed by atoms with Gasteiger partial charge in [0.15, 0.2) is 0 Å². The minimum absolute atomic E-state index is 0. The molecular formula is C8H9NaO3. The third-order valence-corrected chi connectivity index (χ3v) is 1.21. The van der Waals surface area contributed by atoms with Crippen LogP contribution >= 0.6 is 0 Å². The number of hydrogen-bond donors (Lipinski definition) is 1. The van der Waals surface area contributed by atoms with Gasteiger partial charge >= 0.3 is 35.7 Å². The molecule has 1 rings (SSSR count). The number of benzene rings is 1. The Balaban J connectivity index is 0. The Morgan fingerprint density at radius 2 is 2.00 bits per heavy atom. The number of hydrogen-bond acceptors (Lipinski definition) is 2. The van der Waals surface area contributed by atoms with Gasteiger partial charge in [-0.05, 0) is 5.56 Å². The molecule has 0 saturated carbocycles. The molecule has 0 spiro atoms. The second-order valence-corrected chi connectivity index (χ2v) is 2.04. The van der Waals surface area contributed by atoms with Crippen LogP contribution in [0, 0.1) is 0 Å². The van der Waals surface area contributed by atoms with Gasteiger partial charge in [0.25, 0.3) is 0 Å². The van der Waals surface area contributed by atoms with Gasteiger partial charge in [0, 0.05) is 0 Å². The van der Waals surface area contributed by atoms with Gasteiger partial charge in [-0.15, -0.1) is 0 Å². The molecule has 1 aromatic rings. The third kappa shape index (κ3) is 4.38. The van der Waals surface area contributed by atoms with Crippen molar-refractivity contribution in [2.45, 2.75) is 6.61 Å². The molecule has 60 valence electrons. The van der Waals surface area contributed by atoms with Gasteiger partial charge in [-0.2, -0.15) is 0 Å². The number of rotatable bonds is 2. The molecule has 0 unspecified atom stereocenters. The number of carboxylic acid groups (broad SMARTS) is 1. The quantitative estimate of drug-likeness (QED) is 0.464. The van der Waals surface area contributed by atoms with E-state index in [2.05, 4.69) is 4.74 Å². The first-order valence-electron chi connectivity index (χ1n) is 3.18. The molecule has 0 fully saturated rings. The molecule has 12 heavy (non-hydrogen) atoms. The van der Waals surface area contributed by atoms with Crippen molar-refractivity contribution in [1.29, 1.82) is 0 Å². The molecule has 1 aromatic carbocycles. The molecule has 0 bridgehead atoms. The smallest absolute Gasteiger partial charge is 1.00 e. The van der Waals surface area contributed by atoms with Gasteiger partial charge in [-0.1, -0.05) is 30.3 Å². The van der Waals surface area contributed by atoms with Crippen LogP contribution in [0.2, 0.25) is 0 Å². The monoisotopic (exact) mass is 176 g/mol. The predicted octanol–water partition coefficient (Wildman–Crippen LogP) is -1.00. The summed E-state index contributed by atoms with van der Waals surface area (Å²) >= 11 is 0. The Morgan fingerprint density at radius 1 is 1.42 bits per heavy atom. The van der Waals surface area contributed by atoms with Gasteiger partial charge < -0.3 is 11.3 Å². The minimum atomic E-state index is -1.24. The van der Waals surface area contributed by atoms with Crippen molar-refractivity contribution in [3.8, 4) is 0 Å². The van der Waals surface area contributed by atoms with Crippen LogP contribution in [-0.2, 0) is 11.3 Å². The van der Waals surface area contributed by atoms with Crippen molar-refractivity contribution >= 4 is 6.16 Å². The van der Waals surface area contributed by atoms with Gasteiger partial charge in [0.2, 0.25) is 0 Å². The van der Waals surface area contributed by atoms with E-state index in [0.717, 1.165) is 5.56 Å². The van der Waals surface area contributed by atoms with Gasteiger partial charge in [-0.25, -0.2) is 4.79 Å². The normalized spacial score (nSPS) is 8.33. The summed E-state index contributed by atoms with van der Waals surface area (Å²) < 4.78 is 4.34. The second kappa shape index (κ2) is 6.06. The van der Waals surface area contributed by atoms with E-state index in [4.69, 9.17) is 5.11 Å². The van der Waals surface area contributed by atoms with E-state index in [1.807, 2.05) is 30.3 Å². The van der Waals surface area contributed by atoms with Crippen LogP contribution in [0.4, 0.5) is 4.79 Å². The Kier molecular flexibility index (Phi) is 5.80. The Hall–Kier alpha value is -0.510. The molecule has 3 nitrogen and oxygen atoms in total. The van der Waals surface area contributed by atoms with Crippen molar-refractivity contribution in [3.63, 3.8) is 0 Å². The fraction of sp³-hybridized carbons (Fsp3) is 0.125. The molecular weight excluding hydrogens is 167 g/mol. The van der Waals surface area contributed by atoms with E-state index < -0.39 is 6.16 Å². The molecule has 0 saturated heterocycles. The van der Waals surface area contributed by atoms with Crippen LogP contribution < -0.4 is 29.6 Å². The van der Waals surface area contributed by atoms with Crippen LogP contribution in [0.3, 0.4) is 0 Å². The molecule has 0 radical (unpaired) electrons. The van der Waals surface area contributed by atoms with Crippen LogP contribution in [0.15, 0.2) is 30.3 Å². The zero-order valence-corrected chi connectivity index (χ0v) is 8.86. The van der Waals surface area contributed by atoms with E-state index >= 15 is 0 Å². The first-order chi connectivity index (χ1) is 5.29. The maximum absolute atomic E-state index is 9.95. The van der Waals surface area contributed by atoms with Crippen LogP contribution in [0.1, 0.15) is 6.99 Å². The summed E-state index contributed by atoms with van der Waals surface area (Å²) in [5.74, 6) is 0. The van der Waals surface area contributed by atoms with Crippen LogP contribution in [0.25, 0.3) is 0 Å². The fourth-order valence-corrected chi connectivity index (χ4v) is 0.719. The number of ether oxygens (including phenoxy) is 1. The van der Waals surface area contributed by atoms with Crippen molar-refractivity contribution in [1.82, 2.24) is 0 Å². The molecule has 0 atom stereocenters. The number of carbonyl (C=O) groups is 1. The first-order valence-corrected chi connectivity index (χ1v) is 3.18. The average Bonchev–Trinajstić information content (AvgIpc) is 2.03. The third-order valence-electron chi connectivity index (χ3n) is 1.21. The van der Waals surface area contributed by atoms with E-state index in [9.17, 15) is 4.79 Å². The molecule has 0 heterocycles. The zero-order valence-electron chi connectivity index (χ0n) is 7.86. The summed E-state index contributed by atoms with van der Waals surface area (Å²) in [5.41, 5.74) is 0.856. The molecule has 4 heteroatoms. The standard InChI is InChI=1S/C8H8O3.Na.H/c9-8(10)11-6-7-4-2-1-3-5-7;;/h1-5H,6H2,(H,9,10);;/q;+1;-1. The Morgan fingerprint density at radius 3 is 2.50 bits per heavy atom. The summed E-state index contributed by atoms with van der Waals surface area (Å²) in [7, 11) is 0. The summed E-state index contributed by atoms with van der Waals surface area (Å²) in [6, 6.07) is 9.15. The topological polar surface area (TPSA) is 46.5 Å². The van der Waals surface area contributed by atoms with E-state index in [-0.39, 0.29) is 37.6 Å². The largest absolute Gasteiger partial charge is 1.00 e. The zero-order chi connectivity index (χ0) is 8.10. The molecule has 1 N–H and O–H groups in total. The van der Waals surface area contributed by atoms with Crippen molar-refractivity contribution < 1.29 is 45.6 Å². The molecule has 0 aromatic heterocycles. The molecule has 0 aliphatic heterocycles. The van der Waals surface area contributed by atoms with E-state index in [0.29, 0.717) is 0 Å². The predicted molar refractivity (Wildman–Crippen MR) is 40.4 cm³/mol. The average molecular weight is 176 g/mol. The van der Waals surface area contributed by atoms with Crippen molar-refractivity contribution in [2.75, 3.05) is 0 Å². The summed E-state index contributed by atoms with van der Waals surface area (Å²) in [6.07, 6.45) is -1.24. The Labute approximate surface area is 94.1 Å². The van der Waals surface area contributed by atoms with Gasteiger partial charge in [0.05, 0.1) is 0 Å². The summed E-state index contributed by atoms with van der Waals surface area (Å²) in [6.45, 7) is 0.121. The molecule has 0 aliphatic carbocycles. The SMILES string of the molecule is O=C(O)OCc1ccccc1.[H-].[Na+]. The summed E-state index contributed by atoms with van der Waals surface area (Å²) in [5, 5.41) is 8.15. The Bertz CT molecular complexity index is 240. The van der Waals surface area contributed by atoms with Crippen LogP contribution in [0.5, 0.6) is 0 Å². The van der Waals surface area contributed by atoms with Crippen LogP contribution in [-0.4, -0.2) is 11.3 Å². The van der Waals surface area contributed by atoms with E-state index in [1.54, 1.807) is 0 Å².